The lowest BCUT2D eigenvalue weighted by Gasteiger charge is -2.04. The normalized spacial score (nSPS) is 10.6. The van der Waals surface area contributed by atoms with Crippen LogP contribution in [0.2, 0.25) is 0 Å². The lowest BCUT2D eigenvalue weighted by molar-refractivity contribution is 0.544. The standard InChI is InChI=1S/C15H19N3O/c1-2-3-4-5-6-9-18-15-10-14(16-12-19)8-7-13(15)11-17-18/h7-8,10-11H,2-6,9H2,1H3. The van der Waals surface area contributed by atoms with Crippen molar-refractivity contribution in [2.24, 2.45) is 4.99 Å². The predicted octanol–water partition coefficient (Wildman–Crippen LogP) is 3.97. The summed E-state index contributed by atoms with van der Waals surface area (Å²) in [4.78, 5) is 13.9. The van der Waals surface area contributed by atoms with E-state index in [1.165, 1.54) is 25.7 Å². The van der Waals surface area contributed by atoms with Gasteiger partial charge in [-0.25, -0.2) is 4.79 Å². The van der Waals surface area contributed by atoms with Gasteiger partial charge in [-0.3, -0.25) is 4.68 Å². The summed E-state index contributed by atoms with van der Waals surface area (Å²) in [6, 6.07) is 5.63. The van der Waals surface area contributed by atoms with Crippen molar-refractivity contribution in [3.05, 3.63) is 24.4 Å². The molecule has 0 unspecified atom stereocenters. The molecule has 0 bridgehead atoms. The van der Waals surface area contributed by atoms with Crippen molar-refractivity contribution in [1.82, 2.24) is 9.78 Å². The van der Waals surface area contributed by atoms with Crippen LogP contribution in [0.25, 0.3) is 10.9 Å². The molecule has 4 heteroatoms. The van der Waals surface area contributed by atoms with E-state index in [-0.39, 0.29) is 0 Å². The first kappa shape index (κ1) is 13.5. The number of fused-ring (bicyclic) bond motifs is 1. The summed E-state index contributed by atoms with van der Waals surface area (Å²) in [5.41, 5.74) is 1.67. The number of rotatable bonds is 7. The second kappa shape index (κ2) is 6.86. The first-order valence-corrected chi connectivity index (χ1v) is 6.88. The number of aliphatic imine (C=N–C) groups is 1. The van der Waals surface area contributed by atoms with Crippen LogP contribution in [-0.4, -0.2) is 15.9 Å². The van der Waals surface area contributed by atoms with Crippen molar-refractivity contribution in [2.45, 2.75) is 45.6 Å². The molecule has 2 rings (SSSR count). The average molecular weight is 257 g/mol. The number of aromatic nitrogens is 2. The predicted molar refractivity (Wildman–Crippen MR) is 76.3 cm³/mol. The zero-order valence-electron chi connectivity index (χ0n) is 11.3. The van der Waals surface area contributed by atoms with Gasteiger partial charge in [0.2, 0.25) is 6.08 Å². The highest BCUT2D eigenvalue weighted by Crippen LogP contribution is 2.21. The summed E-state index contributed by atoms with van der Waals surface area (Å²) >= 11 is 0. The molecule has 0 fully saturated rings. The Morgan fingerprint density at radius 3 is 2.89 bits per heavy atom. The number of nitrogens with zero attached hydrogens (tertiary/aromatic N) is 3. The Morgan fingerprint density at radius 2 is 2.11 bits per heavy atom. The SMILES string of the molecule is CCCCCCCn1ncc2ccc(N=C=O)cc21. The molecule has 1 heterocycles. The van der Waals surface area contributed by atoms with Crippen LogP contribution in [0, 0.1) is 0 Å². The molecule has 1 aromatic heterocycles. The van der Waals surface area contributed by atoms with Crippen LogP contribution < -0.4 is 0 Å². The number of carbonyl (C=O) groups excluding carboxylic acids is 1. The first-order chi connectivity index (χ1) is 9.35. The second-order valence-corrected chi connectivity index (χ2v) is 4.73. The molecule has 100 valence electrons. The van der Waals surface area contributed by atoms with Gasteiger partial charge in [0.15, 0.2) is 0 Å². The minimum absolute atomic E-state index is 0.634. The molecule has 0 atom stereocenters. The molecule has 1 aromatic carbocycles. The minimum atomic E-state index is 0.634. The molecule has 0 saturated carbocycles. The molecule has 0 N–H and O–H groups in total. The molecule has 0 aliphatic carbocycles. The maximum Gasteiger partial charge on any atom is 0.240 e. The van der Waals surface area contributed by atoms with Gasteiger partial charge in [-0.15, -0.1) is 0 Å². The van der Waals surface area contributed by atoms with Crippen LogP contribution in [0.1, 0.15) is 39.0 Å². The van der Waals surface area contributed by atoms with Crippen LogP contribution in [0.15, 0.2) is 29.4 Å². The number of hydrogen-bond acceptors (Lipinski definition) is 3. The Labute approximate surface area is 113 Å². The lowest BCUT2D eigenvalue weighted by atomic mass is 10.1. The number of aryl methyl sites for hydroxylation is 1. The summed E-state index contributed by atoms with van der Waals surface area (Å²) in [5.74, 6) is 0. The Morgan fingerprint density at radius 1 is 1.26 bits per heavy atom. The molecule has 19 heavy (non-hydrogen) atoms. The minimum Gasteiger partial charge on any atom is -0.265 e. The molecular weight excluding hydrogens is 238 g/mol. The highest BCUT2D eigenvalue weighted by atomic mass is 16.1. The fourth-order valence-electron chi connectivity index (χ4n) is 2.22. The topological polar surface area (TPSA) is 47.2 Å². The van der Waals surface area contributed by atoms with Gasteiger partial charge in [0.1, 0.15) is 0 Å². The molecule has 0 spiro atoms. The van der Waals surface area contributed by atoms with E-state index in [2.05, 4.69) is 17.0 Å². The summed E-state index contributed by atoms with van der Waals surface area (Å²) in [6.07, 6.45) is 9.66. The fourth-order valence-corrected chi connectivity index (χ4v) is 2.22. The van der Waals surface area contributed by atoms with Gasteiger partial charge in [-0.2, -0.15) is 10.1 Å². The third kappa shape index (κ3) is 3.52. The fraction of sp³-hybridized carbons (Fsp3) is 0.467. The first-order valence-electron chi connectivity index (χ1n) is 6.88. The van der Waals surface area contributed by atoms with Crippen molar-refractivity contribution in [1.29, 1.82) is 0 Å². The van der Waals surface area contributed by atoms with Crippen molar-refractivity contribution in [3.63, 3.8) is 0 Å². The Kier molecular flexibility index (Phi) is 4.87. The zero-order valence-corrected chi connectivity index (χ0v) is 11.3. The molecule has 0 saturated heterocycles. The highest BCUT2D eigenvalue weighted by Gasteiger charge is 2.03. The molecule has 0 aliphatic heterocycles. The molecule has 0 radical (unpaired) electrons. The molecular formula is C15H19N3O. The van der Waals surface area contributed by atoms with Crippen molar-refractivity contribution in [3.8, 4) is 0 Å². The van der Waals surface area contributed by atoms with Crippen LogP contribution >= 0.6 is 0 Å². The van der Waals surface area contributed by atoms with Crippen molar-refractivity contribution in [2.75, 3.05) is 0 Å². The van der Waals surface area contributed by atoms with Gasteiger partial charge in [-0.1, -0.05) is 32.6 Å². The summed E-state index contributed by atoms with van der Waals surface area (Å²) in [7, 11) is 0. The Balaban J connectivity index is 2.05. The number of hydrogen-bond donors (Lipinski definition) is 0. The quantitative estimate of drug-likeness (QED) is 0.428. The monoisotopic (exact) mass is 257 g/mol. The second-order valence-electron chi connectivity index (χ2n) is 4.73. The van der Waals surface area contributed by atoms with E-state index in [0.29, 0.717) is 5.69 Å². The van der Waals surface area contributed by atoms with Crippen LogP contribution in [0.3, 0.4) is 0 Å². The molecule has 2 aromatic rings. The van der Waals surface area contributed by atoms with Gasteiger partial charge >= 0.3 is 0 Å². The smallest absolute Gasteiger partial charge is 0.240 e. The summed E-state index contributed by atoms with van der Waals surface area (Å²) < 4.78 is 1.99. The maximum absolute atomic E-state index is 10.3. The Bertz CT molecular complexity index is 582. The van der Waals surface area contributed by atoms with E-state index in [9.17, 15) is 4.79 Å². The third-order valence-corrected chi connectivity index (χ3v) is 3.28. The maximum atomic E-state index is 10.3. The van der Waals surface area contributed by atoms with E-state index in [1.807, 2.05) is 23.0 Å². The molecule has 0 aliphatic rings. The number of unbranched alkanes of at least 4 members (excludes halogenated alkanes) is 4. The molecule has 4 nitrogen and oxygen atoms in total. The highest BCUT2D eigenvalue weighted by molar-refractivity contribution is 5.82. The number of isocyanates is 1. The van der Waals surface area contributed by atoms with Gasteiger partial charge in [0.25, 0.3) is 0 Å². The van der Waals surface area contributed by atoms with Crippen LogP contribution in [0.4, 0.5) is 5.69 Å². The van der Waals surface area contributed by atoms with E-state index in [1.54, 1.807) is 12.1 Å². The number of benzene rings is 1. The van der Waals surface area contributed by atoms with Gasteiger partial charge in [-0.05, 0) is 24.6 Å². The summed E-state index contributed by atoms with van der Waals surface area (Å²) in [5, 5.41) is 5.47. The van der Waals surface area contributed by atoms with Gasteiger partial charge in [0, 0.05) is 11.9 Å². The van der Waals surface area contributed by atoms with Crippen molar-refractivity contribution >= 4 is 22.7 Å². The van der Waals surface area contributed by atoms with E-state index in [4.69, 9.17) is 0 Å². The van der Waals surface area contributed by atoms with Crippen LogP contribution in [-0.2, 0) is 11.3 Å². The van der Waals surface area contributed by atoms with Gasteiger partial charge in [0.05, 0.1) is 17.4 Å². The summed E-state index contributed by atoms with van der Waals surface area (Å²) in [6.45, 7) is 3.14. The molecule has 0 amide bonds. The van der Waals surface area contributed by atoms with E-state index in [0.717, 1.165) is 23.9 Å². The van der Waals surface area contributed by atoms with E-state index >= 15 is 0 Å². The largest absolute Gasteiger partial charge is 0.265 e. The van der Waals surface area contributed by atoms with Gasteiger partial charge < -0.3 is 0 Å². The zero-order chi connectivity index (χ0) is 13.5. The van der Waals surface area contributed by atoms with Crippen molar-refractivity contribution < 1.29 is 4.79 Å². The average Bonchev–Trinajstić information content (AvgIpc) is 2.82. The Hall–Kier alpha value is -1.93. The third-order valence-electron chi connectivity index (χ3n) is 3.28. The van der Waals surface area contributed by atoms with Crippen LogP contribution in [0.5, 0.6) is 0 Å². The van der Waals surface area contributed by atoms with E-state index < -0.39 is 0 Å². The lowest BCUT2D eigenvalue weighted by Crippen LogP contribution is -1.99.